The summed E-state index contributed by atoms with van der Waals surface area (Å²) in [7, 11) is 0. The Kier molecular flexibility index (Phi) is 8.01. The molecule has 0 radical (unpaired) electrons. The maximum atomic E-state index is 12.7. The molecule has 0 unspecified atom stereocenters. The van der Waals surface area contributed by atoms with Gasteiger partial charge in [0.1, 0.15) is 5.60 Å². The molecule has 5 heteroatoms. The van der Waals surface area contributed by atoms with Crippen molar-refractivity contribution in [3.05, 3.63) is 35.9 Å². The zero-order valence-electron chi connectivity index (χ0n) is 21.2. The molecular formula is C28H45N3O2. The summed E-state index contributed by atoms with van der Waals surface area (Å²) in [6, 6.07) is 10.9. The molecular weight excluding hydrogens is 410 g/mol. The zero-order valence-corrected chi connectivity index (χ0v) is 21.2. The highest BCUT2D eigenvalue weighted by Gasteiger charge is 2.43. The van der Waals surface area contributed by atoms with Gasteiger partial charge in [-0.25, -0.2) is 4.79 Å². The summed E-state index contributed by atoms with van der Waals surface area (Å²) >= 11 is 0. The molecule has 2 heterocycles. The Labute approximate surface area is 201 Å². The normalized spacial score (nSPS) is 23.4. The van der Waals surface area contributed by atoms with Crippen LogP contribution < -0.4 is 0 Å². The van der Waals surface area contributed by atoms with Crippen molar-refractivity contribution >= 4 is 6.09 Å². The maximum Gasteiger partial charge on any atom is 0.410 e. The highest BCUT2D eigenvalue weighted by Crippen LogP contribution is 2.40. The van der Waals surface area contributed by atoms with E-state index in [-0.39, 0.29) is 11.6 Å². The highest BCUT2D eigenvalue weighted by molar-refractivity contribution is 5.68. The molecule has 1 aliphatic carbocycles. The summed E-state index contributed by atoms with van der Waals surface area (Å²) in [6.45, 7) is 13.1. The van der Waals surface area contributed by atoms with E-state index in [1.165, 1.54) is 44.1 Å². The van der Waals surface area contributed by atoms with Crippen molar-refractivity contribution in [2.24, 2.45) is 5.92 Å². The maximum absolute atomic E-state index is 12.7. The van der Waals surface area contributed by atoms with Crippen molar-refractivity contribution < 1.29 is 9.53 Å². The van der Waals surface area contributed by atoms with Gasteiger partial charge < -0.3 is 9.64 Å². The van der Waals surface area contributed by atoms with Gasteiger partial charge in [-0.1, -0.05) is 62.4 Å². The molecule has 3 fully saturated rings. The van der Waals surface area contributed by atoms with Crippen LogP contribution in [0.3, 0.4) is 0 Å². The van der Waals surface area contributed by atoms with Gasteiger partial charge in [0.05, 0.1) is 0 Å². The summed E-state index contributed by atoms with van der Waals surface area (Å²) in [6.07, 6.45) is 10.3. The lowest BCUT2D eigenvalue weighted by Gasteiger charge is -2.53. The smallest absolute Gasteiger partial charge is 0.410 e. The summed E-state index contributed by atoms with van der Waals surface area (Å²) in [5.74, 6) is 0.856. The van der Waals surface area contributed by atoms with Crippen molar-refractivity contribution in [2.75, 3.05) is 39.3 Å². The van der Waals surface area contributed by atoms with Crippen LogP contribution in [-0.2, 0) is 11.3 Å². The molecule has 5 nitrogen and oxygen atoms in total. The van der Waals surface area contributed by atoms with E-state index in [1.807, 2.05) is 25.7 Å². The van der Waals surface area contributed by atoms with Crippen molar-refractivity contribution in [1.82, 2.24) is 14.7 Å². The first-order valence-electron chi connectivity index (χ1n) is 13.3. The summed E-state index contributed by atoms with van der Waals surface area (Å²) in [4.78, 5) is 20.1. The number of hydrogen-bond donors (Lipinski definition) is 0. The third kappa shape index (κ3) is 6.73. The van der Waals surface area contributed by atoms with Gasteiger partial charge in [-0.05, 0) is 51.5 Å². The van der Waals surface area contributed by atoms with Gasteiger partial charge in [0.15, 0.2) is 0 Å². The molecule has 33 heavy (non-hydrogen) atoms. The Morgan fingerprint density at radius 1 is 0.939 bits per heavy atom. The number of piperidine rings is 1. The van der Waals surface area contributed by atoms with E-state index in [2.05, 4.69) is 40.1 Å². The largest absolute Gasteiger partial charge is 0.444 e. The number of ether oxygens (including phenoxy) is 1. The number of rotatable bonds is 5. The van der Waals surface area contributed by atoms with Crippen LogP contribution in [-0.4, -0.2) is 71.2 Å². The molecule has 2 aliphatic heterocycles. The fourth-order valence-electron chi connectivity index (χ4n) is 6.23. The van der Waals surface area contributed by atoms with Gasteiger partial charge in [0.2, 0.25) is 0 Å². The second kappa shape index (κ2) is 10.8. The topological polar surface area (TPSA) is 36.0 Å². The van der Waals surface area contributed by atoms with Crippen LogP contribution >= 0.6 is 0 Å². The standard InChI is InChI=1S/C28H45N3O2/c1-27(2,3)33-26(32)30-16-14-28(15-17-30,22-24-10-6-4-7-11-24)31-20-18-29(19-21-31)23-25-12-8-5-9-13-25/h5,8-9,12-13,24H,4,6-7,10-11,14-23H2,1-3H3. The average Bonchev–Trinajstić information content (AvgIpc) is 2.80. The van der Waals surface area contributed by atoms with Crippen LogP contribution in [0.1, 0.15) is 77.7 Å². The van der Waals surface area contributed by atoms with E-state index in [0.717, 1.165) is 64.6 Å². The number of likely N-dealkylation sites (tertiary alicyclic amines) is 1. The highest BCUT2D eigenvalue weighted by atomic mass is 16.6. The molecule has 0 spiro atoms. The summed E-state index contributed by atoms with van der Waals surface area (Å²) in [5.41, 5.74) is 1.23. The molecule has 4 rings (SSSR count). The molecule has 2 saturated heterocycles. The molecule has 1 saturated carbocycles. The first-order chi connectivity index (χ1) is 15.8. The van der Waals surface area contributed by atoms with Crippen molar-refractivity contribution in [3.63, 3.8) is 0 Å². The molecule has 0 bridgehead atoms. The lowest BCUT2D eigenvalue weighted by molar-refractivity contribution is -0.0362. The van der Waals surface area contributed by atoms with Gasteiger partial charge in [-0.2, -0.15) is 0 Å². The molecule has 0 atom stereocenters. The van der Waals surface area contributed by atoms with Crippen LogP contribution in [0.5, 0.6) is 0 Å². The van der Waals surface area contributed by atoms with Crippen molar-refractivity contribution in [2.45, 2.75) is 89.8 Å². The fourth-order valence-corrected chi connectivity index (χ4v) is 6.23. The van der Waals surface area contributed by atoms with Crippen molar-refractivity contribution in [3.8, 4) is 0 Å². The minimum atomic E-state index is -0.428. The number of carbonyl (C=O) groups is 1. The second-order valence-corrected chi connectivity index (χ2v) is 11.6. The van der Waals surface area contributed by atoms with E-state index in [0.29, 0.717) is 0 Å². The van der Waals surface area contributed by atoms with E-state index in [4.69, 9.17) is 4.74 Å². The Balaban J connectivity index is 1.38. The zero-order chi connectivity index (χ0) is 23.3. The minimum Gasteiger partial charge on any atom is -0.444 e. The minimum absolute atomic E-state index is 0.138. The first-order valence-corrected chi connectivity index (χ1v) is 13.3. The monoisotopic (exact) mass is 455 g/mol. The first kappa shape index (κ1) is 24.5. The Hall–Kier alpha value is -1.59. The van der Waals surface area contributed by atoms with Crippen LogP contribution in [0.4, 0.5) is 4.79 Å². The van der Waals surface area contributed by atoms with Crippen LogP contribution in [0.25, 0.3) is 0 Å². The molecule has 1 aromatic carbocycles. The predicted octanol–water partition coefficient (Wildman–Crippen LogP) is 5.54. The number of carbonyl (C=O) groups excluding carboxylic acids is 1. The Morgan fingerprint density at radius 3 is 2.18 bits per heavy atom. The van der Waals surface area contributed by atoms with Gasteiger partial charge in [-0.15, -0.1) is 0 Å². The number of hydrogen-bond acceptors (Lipinski definition) is 4. The summed E-state index contributed by atoms with van der Waals surface area (Å²) in [5, 5.41) is 0. The molecule has 1 amide bonds. The van der Waals surface area contributed by atoms with Gasteiger partial charge in [0.25, 0.3) is 0 Å². The lowest BCUT2D eigenvalue weighted by atomic mass is 9.73. The van der Waals surface area contributed by atoms with E-state index in [9.17, 15) is 4.79 Å². The third-order valence-electron chi connectivity index (χ3n) is 8.03. The van der Waals surface area contributed by atoms with E-state index in [1.54, 1.807) is 0 Å². The van der Waals surface area contributed by atoms with Crippen LogP contribution in [0.15, 0.2) is 30.3 Å². The molecule has 0 aromatic heterocycles. The number of piperazine rings is 1. The Morgan fingerprint density at radius 2 is 1.58 bits per heavy atom. The van der Waals surface area contributed by atoms with Crippen molar-refractivity contribution in [1.29, 1.82) is 0 Å². The lowest BCUT2D eigenvalue weighted by Crippen LogP contribution is -2.61. The molecule has 0 N–H and O–H groups in total. The fraction of sp³-hybridized carbons (Fsp3) is 0.750. The SMILES string of the molecule is CC(C)(C)OC(=O)N1CCC(CC2CCCCC2)(N2CCN(Cc3ccccc3)CC2)CC1. The quantitative estimate of drug-likeness (QED) is 0.584. The van der Waals surface area contributed by atoms with E-state index < -0.39 is 5.60 Å². The molecule has 184 valence electrons. The number of nitrogens with zero attached hydrogens (tertiary/aromatic N) is 3. The Bertz CT molecular complexity index is 738. The van der Waals surface area contributed by atoms with E-state index >= 15 is 0 Å². The second-order valence-electron chi connectivity index (χ2n) is 11.6. The van der Waals surface area contributed by atoms with Gasteiger partial charge in [0, 0.05) is 51.4 Å². The average molecular weight is 456 g/mol. The van der Waals surface area contributed by atoms with Crippen LogP contribution in [0.2, 0.25) is 0 Å². The van der Waals surface area contributed by atoms with Crippen LogP contribution in [0, 0.1) is 5.92 Å². The number of benzene rings is 1. The predicted molar refractivity (Wildman–Crippen MR) is 134 cm³/mol. The van der Waals surface area contributed by atoms with Gasteiger partial charge >= 0.3 is 6.09 Å². The summed E-state index contributed by atoms with van der Waals surface area (Å²) < 4.78 is 5.68. The third-order valence-corrected chi connectivity index (χ3v) is 8.03. The number of amides is 1. The van der Waals surface area contributed by atoms with Gasteiger partial charge in [-0.3, -0.25) is 9.80 Å². The molecule has 1 aromatic rings. The molecule has 3 aliphatic rings.